The maximum absolute atomic E-state index is 2.66. The molecule has 0 unspecified atom stereocenters. The highest BCUT2D eigenvalue weighted by molar-refractivity contribution is 5.97. The van der Waals surface area contributed by atoms with Crippen molar-refractivity contribution in [2.24, 2.45) is 0 Å². The third-order valence-corrected chi connectivity index (χ3v) is 13.7. The summed E-state index contributed by atoms with van der Waals surface area (Å²) >= 11 is 0. The minimum atomic E-state index is -0.129. The van der Waals surface area contributed by atoms with Crippen LogP contribution in [-0.2, 0) is 29.1 Å². The van der Waals surface area contributed by atoms with Gasteiger partial charge in [-0.1, -0.05) is 146 Å². The van der Waals surface area contributed by atoms with E-state index >= 15 is 0 Å². The molecule has 0 amide bonds. The first-order valence-electron chi connectivity index (χ1n) is 20.9. The van der Waals surface area contributed by atoms with Crippen molar-refractivity contribution in [2.45, 2.75) is 116 Å². The van der Waals surface area contributed by atoms with Crippen molar-refractivity contribution in [1.29, 1.82) is 0 Å². The Morgan fingerprint density at radius 2 is 1.22 bits per heavy atom. The molecular formula is C54H57N. The maximum Gasteiger partial charge on any atom is 0.0543 e. The summed E-state index contributed by atoms with van der Waals surface area (Å²) in [4.78, 5) is 2.66. The van der Waals surface area contributed by atoms with E-state index in [0.717, 1.165) is 12.8 Å². The second-order valence-corrected chi connectivity index (χ2v) is 18.8. The first-order chi connectivity index (χ1) is 26.4. The van der Waals surface area contributed by atoms with Crippen molar-refractivity contribution >= 4 is 17.1 Å². The summed E-state index contributed by atoms with van der Waals surface area (Å²) in [6.45, 7) is 19.6. The Hall–Kier alpha value is -4.88. The molecule has 1 nitrogen and oxygen atoms in total. The van der Waals surface area contributed by atoms with Crippen molar-refractivity contribution in [3.8, 4) is 33.4 Å². The third kappa shape index (κ3) is 5.80. The zero-order valence-electron chi connectivity index (χ0n) is 34.3. The van der Waals surface area contributed by atoms with Gasteiger partial charge in [0.05, 0.1) is 5.69 Å². The van der Waals surface area contributed by atoms with Crippen LogP contribution in [0.25, 0.3) is 33.4 Å². The molecule has 9 rings (SSSR count). The van der Waals surface area contributed by atoms with Crippen LogP contribution in [0.2, 0.25) is 0 Å². The summed E-state index contributed by atoms with van der Waals surface area (Å²) in [6.07, 6.45) is 7.13. The molecule has 0 radical (unpaired) electrons. The van der Waals surface area contributed by atoms with Crippen molar-refractivity contribution in [2.75, 3.05) is 4.90 Å². The van der Waals surface area contributed by atoms with E-state index in [1.54, 1.807) is 5.56 Å². The van der Waals surface area contributed by atoms with Crippen molar-refractivity contribution in [3.05, 3.63) is 160 Å². The van der Waals surface area contributed by atoms with E-state index in [4.69, 9.17) is 0 Å². The van der Waals surface area contributed by atoms with E-state index < -0.39 is 0 Å². The monoisotopic (exact) mass is 719 g/mol. The normalized spacial score (nSPS) is 17.3. The van der Waals surface area contributed by atoms with Crippen LogP contribution in [0.4, 0.5) is 17.1 Å². The first-order valence-corrected chi connectivity index (χ1v) is 20.9. The quantitative estimate of drug-likeness (QED) is 0.166. The molecule has 0 bridgehead atoms. The number of fused-ring (bicyclic) bond motifs is 5. The number of aryl methyl sites for hydroxylation is 1. The summed E-state index contributed by atoms with van der Waals surface area (Å²) < 4.78 is 0. The summed E-state index contributed by atoms with van der Waals surface area (Å²) in [5, 5.41) is 0. The number of benzene rings is 6. The molecule has 0 spiro atoms. The SMILES string of the molecule is CC(C)c1ccc2c(c1-c1cc3c(cc1N(c1ccc(-c4ccccc4)cc1)c1cccc4c1CCCC4)C(C)(C)c1ccccc1-3)C(C)(C)CCC2(C)C. The van der Waals surface area contributed by atoms with Gasteiger partial charge in [-0.3, -0.25) is 0 Å². The standard InChI is InChI=1S/C54H57N/c1-35(2)40-29-30-46-51(53(5,6)32-31-52(46,3)4)50(40)44-33-43-42-22-14-15-23-45(42)54(7,8)47(43)34-49(44)55(48-24-16-20-38-19-12-13-21-41(38)48)39-27-25-37(26-28-39)36-17-10-9-11-18-36/h9-11,14-18,20,22-30,33-35H,12-13,19,21,31-32H2,1-8H3. The van der Waals surface area contributed by atoms with Crippen LogP contribution in [0.15, 0.2) is 121 Å². The fourth-order valence-electron chi connectivity index (χ4n) is 10.5. The lowest BCUT2D eigenvalue weighted by Crippen LogP contribution is -2.35. The molecule has 3 aliphatic carbocycles. The molecule has 6 aromatic carbocycles. The van der Waals surface area contributed by atoms with Crippen LogP contribution in [0.3, 0.4) is 0 Å². The maximum atomic E-state index is 2.66. The molecule has 3 aliphatic rings. The Labute approximate surface area is 330 Å². The Kier molecular flexibility index (Phi) is 8.54. The lowest BCUT2D eigenvalue weighted by molar-refractivity contribution is 0.332. The minimum Gasteiger partial charge on any atom is -0.310 e. The summed E-state index contributed by atoms with van der Waals surface area (Å²) in [6, 6.07) is 46.7. The second-order valence-electron chi connectivity index (χ2n) is 18.8. The van der Waals surface area contributed by atoms with Gasteiger partial charge < -0.3 is 4.90 Å². The first kappa shape index (κ1) is 35.8. The van der Waals surface area contributed by atoms with Gasteiger partial charge in [-0.05, 0) is 152 Å². The number of hydrogen-bond donors (Lipinski definition) is 0. The molecule has 0 atom stereocenters. The Balaban J connectivity index is 1.41. The van der Waals surface area contributed by atoms with Crippen molar-refractivity contribution in [3.63, 3.8) is 0 Å². The molecule has 0 N–H and O–H groups in total. The van der Waals surface area contributed by atoms with Crippen LogP contribution in [-0.4, -0.2) is 0 Å². The number of anilines is 3. The van der Waals surface area contributed by atoms with E-state index in [2.05, 4.69) is 182 Å². The predicted octanol–water partition coefficient (Wildman–Crippen LogP) is 15.1. The molecule has 0 aromatic heterocycles. The van der Waals surface area contributed by atoms with Gasteiger partial charge in [0.2, 0.25) is 0 Å². The van der Waals surface area contributed by atoms with Gasteiger partial charge in [-0.15, -0.1) is 0 Å². The lowest BCUT2D eigenvalue weighted by atomic mass is 9.60. The fraction of sp³-hybridized carbons (Fsp3) is 0.333. The van der Waals surface area contributed by atoms with Crippen LogP contribution in [0.1, 0.15) is 126 Å². The van der Waals surface area contributed by atoms with E-state index in [0.29, 0.717) is 5.92 Å². The van der Waals surface area contributed by atoms with Gasteiger partial charge in [0.25, 0.3) is 0 Å². The highest BCUT2D eigenvalue weighted by atomic mass is 15.1. The Morgan fingerprint density at radius 1 is 0.527 bits per heavy atom. The van der Waals surface area contributed by atoms with Crippen molar-refractivity contribution < 1.29 is 0 Å². The molecular weight excluding hydrogens is 663 g/mol. The average molecular weight is 720 g/mol. The lowest BCUT2D eigenvalue weighted by Gasteiger charge is -2.44. The number of hydrogen-bond acceptors (Lipinski definition) is 1. The minimum absolute atomic E-state index is 0.0343. The van der Waals surface area contributed by atoms with E-state index in [1.165, 1.54) is 110 Å². The van der Waals surface area contributed by atoms with Gasteiger partial charge in [0.15, 0.2) is 0 Å². The van der Waals surface area contributed by atoms with Crippen molar-refractivity contribution in [1.82, 2.24) is 0 Å². The summed E-state index contributed by atoms with van der Waals surface area (Å²) in [5.74, 6) is 0.370. The van der Waals surface area contributed by atoms with E-state index in [-0.39, 0.29) is 16.2 Å². The largest absolute Gasteiger partial charge is 0.310 e. The molecule has 0 heterocycles. The summed E-state index contributed by atoms with van der Waals surface area (Å²) in [7, 11) is 0. The molecule has 6 aromatic rings. The van der Waals surface area contributed by atoms with E-state index in [1.807, 2.05) is 0 Å². The molecule has 0 aliphatic heterocycles. The van der Waals surface area contributed by atoms with Crippen LogP contribution in [0.5, 0.6) is 0 Å². The topological polar surface area (TPSA) is 3.24 Å². The van der Waals surface area contributed by atoms with Gasteiger partial charge in [-0.25, -0.2) is 0 Å². The average Bonchev–Trinajstić information content (AvgIpc) is 3.41. The summed E-state index contributed by atoms with van der Waals surface area (Å²) in [5.41, 5.74) is 22.3. The van der Waals surface area contributed by atoms with Gasteiger partial charge in [0.1, 0.15) is 0 Å². The molecule has 278 valence electrons. The van der Waals surface area contributed by atoms with Crippen LogP contribution < -0.4 is 4.90 Å². The highest BCUT2D eigenvalue weighted by Crippen LogP contribution is 2.58. The second kappa shape index (κ2) is 13.1. The Bertz CT molecular complexity index is 2420. The molecule has 0 saturated carbocycles. The van der Waals surface area contributed by atoms with E-state index in [9.17, 15) is 0 Å². The van der Waals surface area contributed by atoms with Crippen LogP contribution >= 0.6 is 0 Å². The van der Waals surface area contributed by atoms with Gasteiger partial charge in [0, 0.05) is 22.4 Å². The third-order valence-electron chi connectivity index (χ3n) is 13.7. The van der Waals surface area contributed by atoms with Crippen LogP contribution in [0, 0.1) is 0 Å². The Morgan fingerprint density at radius 3 is 1.98 bits per heavy atom. The molecule has 1 heteroatoms. The fourth-order valence-corrected chi connectivity index (χ4v) is 10.5. The number of rotatable bonds is 6. The number of nitrogens with zero attached hydrogens (tertiary/aromatic N) is 1. The zero-order valence-corrected chi connectivity index (χ0v) is 34.3. The highest BCUT2D eigenvalue weighted by Gasteiger charge is 2.42. The molecule has 0 saturated heterocycles. The van der Waals surface area contributed by atoms with Gasteiger partial charge in [-0.2, -0.15) is 0 Å². The smallest absolute Gasteiger partial charge is 0.0543 e. The zero-order chi connectivity index (χ0) is 38.3. The molecule has 0 fully saturated rings. The van der Waals surface area contributed by atoms with Gasteiger partial charge >= 0.3 is 0 Å². The predicted molar refractivity (Wildman–Crippen MR) is 236 cm³/mol. The molecule has 55 heavy (non-hydrogen) atoms.